The quantitative estimate of drug-likeness (QED) is 0.628. The first-order chi connectivity index (χ1) is 6.79. The molecule has 14 heavy (non-hydrogen) atoms. The molecule has 84 valence electrons. The topological polar surface area (TPSA) is 33.3 Å². The van der Waals surface area contributed by atoms with E-state index in [4.69, 9.17) is 4.74 Å². The Morgan fingerprint density at radius 2 is 2.07 bits per heavy atom. The first-order valence-corrected chi connectivity index (χ1v) is 5.82. The van der Waals surface area contributed by atoms with Gasteiger partial charge in [0, 0.05) is 6.54 Å². The summed E-state index contributed by atoms with van der Waals surface area (Å²) in [5, 5.41) is 6.72. The van der Waals surface area contributed by atoms with Crippen LogP contribution in [0.5, 0.6) is 0 Å². The Kier molecular flexibility index (Phi) is 6.15. The van der Waals surface area contributed by atoms with Crippen LogP contribution in [0.3, 0.4) is 0 Å². The molecule has 0 spiro atoms. The zero-order valence-corrected chi connectivity index (χ0v) is 9.51. The lowest BCUT2D eigenvalue weighted by Gasteiger charge is -2.23. The zero-order valence-electron chi connectivity index (χ0n) is 9.51. The van der Waals surface area contributed by atoms with Crippen molar-refractivity contribution in [3.05, 3.63) is 0 Å². The summed E-state index contributed by atoms with van der Waals surface area (Å²) in [6.07, 6.45) is 2.84. The first-order valence-electron chi connectivity index (χ1n) is 5.82. The van der Waals surface area contributed by atoms with Crippen LogP contribution in [0.4, 0.5) is 0 Å². The molecule has 0 aliphatic carbocycles. The Balaban J connectivity index is 1.87. The van der Waals surface area contributed by atoms with Gasteiger partial charge in [-0.1, -0.05) is 13.8 Å². The average molecular weight is 200 g/mol. The molecule has 0 aromatic carbocycles. The van der Waals surface area contributed by atoms with Crippen molar-refractivity contribution in [2.75, 3.05) is 32.8 Å². The van der Waals surface area contributed by atoms with E-state index in [2.05, 4.69) is 24.5 Å². The molecular weight excluding hydrogens is 176 g/mol. The lowest BCUT2D eigenvalue weighted by Crippen LogP contribution is -2.34. The standard InChI is InChI=1S/C11H24N2O/c1-10(2)9-13-7-8-14-11-3-5-12-6-4-11/h10-13H,3-9H2,1-2H3. The van der Waals surface area contributed by atoms with E-state index in [1.165, 1.54) is 12.8 Å². The summed E-state index contributed by atoms with van der Waals surface area (Å²) in [5.41, 5.74) is 0. The van der Waals surface area contributed by atoms with Crippen LogP contribution in [0.15, 0.2) is 0 Å². The van der Waals surface area contributed by atoms with E-state index < -0.39 is 0 Å². The molecule has 1 heterocycles. The minimum Gasteiger partial charge on any atom is -0.377 e. The maximum Gasteiger partial charge on any atom is 0.0600 e. The molecule has 0 radical (unpaired) electrons. The molecule has 0 saturated carbocycles. The van der Waals surface area contributed by atoms with Crippen molar-refractivity contribution in [1.82, 2.24) is 10.6 Å². The largest absolute Gasteiger partial charge is 0.377 e. The third-order valence-corrected chi connectivity index (χ3v) is 2.47. The van der Waals surface area contributed by atoms with Crippen molar-refractivity contribution < 1.29 is 4.74 Å². The molecule has 1 aliphatic heterocycles. The SMILES string of the molecule is CC(C)CNCCOC1CCNCC1. The number of piperidine rings is 1. The average Bonchev–Trinajstić information content (AvgIpc) is 2.18. The second kappa shape index (κ2) is 7.21. The summed E-state index contributed by atoms with van der Waals surface area (Å²) in [4.78, 5) is 0. The molecule has 0 amide bonds. The molecule has 2 N–H and O–H groups in total. The Morgan fingerprint density at radius 1 is 1.36 bits per heavy atom. The molecule has 0 unspecified atom stereocenters. The fourth-order valence-electron chi connectivity index (χ4n) is 1.65. The van der Waals surface area contributed by atoms with E-state index >= 15 is 0 Å². The van der Waals surface area contributed by atoms with E-state index in [-0.39, 0.29) is 0 Å². The zero-order chi connectivity index (χ0) is 10.2. The van der Waals surface area contributed by atoms with E-state index in [1.807, 2.05) is 0 Å². The molecule has 0 aromatic rings. The van der Waals surface area contributed by atoms with Gasteiger partial charge in [-0.05, 0) is 38.4 Å². The van der Waals surface area contributed by atoms with Crippen molar-refractivity contribution >= 4 is 0 Å². The maximum absolute atomic E-state index is 5.76. The summed E-state index contributed by atoms with van der Waals surface area (Å²) >= 11 is 0. The minimum atomic E-state index is 0.497. The molecule has 0 bridgehead atoms. The monoisotopic (exact) mass is 200 g/mol. The fraction of sp³-hybridized carbons (Fsp3) is 1.00. The summed E-state index contributed by atoms with van der Waals surface area (Å²) in [5.74, 6) is 0.730. The second-order valence-corrected chi connectivity index (χ2v) is 4.42. The number of ether oxygens (including phenoxy) is 1. The van der Waals surface area contributed by atoms with E-state index in [0.29, 0.717) is 6.10 Å². The highest BCUT2D eigenvalue weighted by molar-refractivity contribution is 4.68. The smallest absolute Gasteiger partial charge is 0.0600 e. The Morgan fingerprint density at radius 3 is 2.71 bits per heavy atom. The van der Waals surface area contributed by atoms with Crippen molar-refractivity contribution in [3.63, 3.8) is 0 Å². The van der Waals surface area contributed by atoms with Crippen LogP contribution < -0.4 is 10.6 Å². The summed E-state index contributed by atoms with van der Waals surface area (Å²) < 4.78 is 5.76. The fourth-order valence-corrected chi connectivity index (χ4v) is 1.65. The van der Waals surface area contributed by atoms with Gasteiger partial charge in [0.05, 0.1) is 12.7 Å². The molecule has 3 heteroatoms. The van der Waals surface area contributed by atoms with Gasteiger partial charge in [-0.2, -0.15) is 0 Å². The molecule has 1 saturated heterocycles. The molecule has 0 atom stereocenters. The van der Waals surface area contributed by atoms with Gasteiger partial charge in [-0.15, -0.1) is 0 Å². The number of rotatable bonds is 6. The predicted molar refractivity (Wildman–Crippen MR) is 59.6 cm³/mol. The van der Waals surface area contributed by atoms with Crippen molar-refractivity contribution in [2.24, 2.45) is 5.92 Å². The lowest BCUT2D eigenvalue weighted by atomic mass is 10.1. The van der Waals surface area contributed by atoms with Crippen molar-refractivity contribution in [1.29, 1.82) is 0 Å². The number of hydrogen-bond acceptors (Lipinski definition) is 3. The number of hydrogen-bond donors (Lipinski definition) is 2. The van der Waals surface area contributed by atoms with Crippen LogP contribution in [0.25, 0.3) is 0 Å². The Labute approximate surface area is 87.6 Å². The molecule has 1 rings (SSSR count). The molecular formula is C11H24N2O. The molecule has 0 aromatic heterocycles. The predicted octanol–water partition coefficient (Wildman–Crippen LogP) is 1.00. The second-order valence-electron chi connectivity index (χ2n) is 4.42. The maximum atomic E-state index is 5.76. The number of nitrogens with one attached hydrogen (secondary N) is 2. The highest BCUT2D eigenvalue weighted by atomic mass is 16.5. The van der Waals surface area contributed by atoms with Crippen LogP contribution >= 0.6 is 0 Å². The highest BCUT2D eigenvalue weighted by Crippen LogP contribution is 2.06. The van der Waals surface area contributed by atoms with E-state index in [0.717, 1.165) is 38.7 Å². The van der Waals surface area contributed by atoms with E-state index in [1.54, 1.807) is 0 Å². The van der Waals surface area contributed by atoms with Crippen LogP contribution in [-0.4, -0.2) is 38.9 Å². The van der Waals surface area contributed by atoms with Crippen LogP contribution in [0, 0.1) is 5.92 Å². The van der Waals surface area contributed by atoms with Gasteiger partial charge in [-0.3, -0.25) is 0 Å². The van der Waals surface area contributed by atoms with Crippen molar-refractivity contribution in [2.45, 2.75) is 32.8 Å². The van der Waals surface area contributed by atoms with Crippen LogP contribution in [0.1, 0.15) is 26.7 Å². The molecule has 1 aliphatic rings. The van der Waals surface area contributed by atoms with Gasteiger partial charge >= 0.3 is 0 Å². The summed E-state index contributed by atoms with van der Waals surface area (Å²) in [7, 11) is 0. The van der Waals surface area contributed by atoms with Crippen LogP contribution in [-0.2, 0) is 4.74 Å². The molecule has 3 nitrogen and oxygen atoms in total. The van der Waals surface area contributed by atoms with E-state index in [9.17, 15) is 0 Å². The minimum absolute atomic E-state index is 0.497. The highest BCUT2D eigenvalue weighted by Gasteiger charge is 2.12. The van der Waals surface area contributed by atoms with Gasteiger partial charge in [0.1, 0.15) is 0 Å². The van der Waals surface area contributed by atoms with Gasteiger partial charge in [-0.25, -0.2) is 0 Å². The summed E-state index contributed by atoms with van der Waals surface area (Å²) in [6, 6.07) is 0. The van der Waals surface area contributed by atoms with Crippen molar-refractivity contribution in [3.8, 4) is 0 Å². The first kappa shape index (κ1) is 12.0. The van der Waals surface area contributed by atoms with Gasteiger partial charge in [0.15, 0.2) is 0 Å². The van der Waals surface area contributed by atoms with Gasteiger partial charge in [0.2, 0.25) is 0 Å². The third kappa shape index (κ3) is 5.58. The van der Waals surface area contributed by atoms with Gasteiger partial charge in [0.25, 0.3) is 0 Å². The van der Waals surface area contributed by atoms with Crippen LogP contribution in [0.2, 0.25) is 0 Å². The Bertz CT molecular complexity index is 133. The Hall–Kier alpha value is -0.120. The third-order valence-electron chi connectivity index (χ3n) is 2.47. The lowest BCUT2D eigenvalue weighted by molar-refractivity contribution is 0.0347. The summed E-state index contributed by atoms with van der Waals surface area (Å²) in [6.45, 7) is 9.62. The molecule has 1 fully saturated rings. The normalized spacial score (nSPS) is 19.1. The van der Waals surface area contributed by atoms with Gasteiger partial charge < -0.3 is 15.4 Å².